The summed E-state index contributed by atoms with van der Waals surface area (Å²) in [6.45, 7) is 2.03. The van der Waals surface area contributed by atoms with Crippen LogP contribution in [0.2, 0.25) is 0 Å². The van der Waals surface area contributed by atoms with Gasteiger partial charge in [0.25, 0.3) is 0 Å². The number of para-hydroxylation sites is 1. The predicted molar refractivity (Wildman–Crippen MR) is 118 cm³/mol. The van der Waals surface area contributed by atoms with Crippen LogP contribution in [-0.2, 0) is 4.79 Å². The number of aromatic nitrogens is 2. The average molecular weight is 417 g/mol. The topological polar surface area (TPSA) is 78.7 Å². The maximum absolute atomic E-state index is 12.4. The number of benzene rings is 2. The van der Waals surface area contributed by atoms with Crippen molar-refractivity contribution in [2.45, 2.75) is 11.9 Å². The van der Waals surface area contributed by atoms with Crippen LogP contribution in [0.5, 0.6) is 0 Å². The molecular formula is C22H16N4OS2. The lowest BCUT2D eigenvalue weighted by molar-refractivity contribution is -0.113. The molecule has 1 amide bonds. The van der Waals surface area contributed by atoms with Gasteiger partial charge in [-0.05, 0) is 31.2 Å². The van der Waals surface area contributed by atoms with E-state index in [1.807, 2.05) is 61.5 Å². The van der Waals surface area contributed by atoms with Gasteiger partial charge < -0.3 is 5.32 Å². The first-order valence-electron chi connectivity index (χ1n) is 8.89. The van der Waals surface area contributed by atoms with E-state index < -0.39 is 0 Å². The molecule has 2 aromatic heterocycles. The molecule has 0 saturated carbocycles. The predicted octanol–water partition coefficient (Wildman–Crippen LogP) is 5.27. The molecule has 0 atom stereocenters. The zero-order valence-corrected chi connectivity index (χ0v) is 17.2. The molecule has 0 bridgehead atoms. The minimum atomic E-state index is -0.180. The lowest BCUT2D eigenvalue weighted by Gasteiger charge is -2.07. The monoisotopic (exact) mass is 416 g/mol. The molecule has 4 aromatic rings. The number of fused-ring (bicyclic) bond motifs is 1. The largest absolute Gasteiger partial charge is 0.301 e. The van der Waals surface area contributed by atoms with Crippen molar-refractivity contribution in [3.8, 4) is 17.3 Å². The fourth-order valence-electron chi connectivity index (χ4n) is 2.74. The number of nitrogens with zero attached hydrogens (tertiary/aromatic N) is 3. The third kappa shape index (κ3) is 4.45. The van der Waals surface area contributed by atoms with Crippen molar-refractivity contribution in [2.24, 2.45) is 0 Å². The molecule has 5 nitrogen and oxygen atoms in total. The minimum Gasteiger partial charge on any atom is -0.301 e. The van der Waals surface area contributed by atoms with E-state index in [2.05, 4.69) is 21.4 Å². The normalized spacial score (nSPS) is 10.6. The number of amides is 1. The number of nitriles is 1. The number of thioether (sulfide) groups is 1. The molecule has 29 heavy (non-hydrogen) atoms. The smallest absolute Gasteiger partial charge is 0.236 e. The highest BCUT2D eigenvalue weighted by Crippen LogP contribution is 2.27. The number of thiazole rings is 1. The second-order valence-electron chi connectivity index (χ2n) is 6.35. The molecule has 4 rings (SSSR count). The van der Waals surface area contributed by atoms with Gasteiger partial charge >= 0.3 is 0 Å². The number of anilines is 1. The van der Waals surface area contributed by atoms with Gasteiger partial charge in [-0.1, -0.05) is 65.1 Å². The lowest BCUT2D eigenvalue weighted by atomic mass is 10.1. The van der Waals surface area contributed by atoms with Crippen molar-refractivity contribution < 1.29 is 4.79 Å². The third-order valence-electron chi connectivity index (χ3n) is 4.21. The molecule has 0 fully saturated rings. The van der Waals surface area contributed by atoms with Crippen molar-refractivity contribution in [1.82, 2.24) is 9.97 Å². The van der Waals surface area contributed by atoms with Gasteiger partial charge in [0.05, 0.1) is 27.2 Å². The Morgan fingerprint density at radius 1 is 1.10 bits per heavy atom. The van der Waals surface area contributed by atoms with E-state index in [0.717, 1.165) is 21.5 Å². The van der Waals surface area contributed by atoms with Crippen LogP contribution in [0.25, 0.3) is 21.5 Å². The van der Waals surface area contributed by atoms with Crippen LogP contribution in [0.4, 0.5) is 5.13 Å². The van der Waals surface area contributed by atoms with Gasteiger partial charge in [0.1, 0.15) is 11.1 Å². The van der Waals surface area contributed by atoms with Gasteiger partial charge in [0.15, 0.2) is 5.13 Å². The molecule has 0 aliphatic heterocycles. The maximum atomic E-state index is 12.4. The van der Waals surface area contributed by atoms with Crippen LogP contribution >= 0.6 is 23.1 Å². The number of hydrogen-bond acceptors (Lipinski definition) is 6. The Morgan fingerprint density at radius 3 is 2.66 bits per heavy atom. The Morgan fingerprint density at radius 2 is 1.90 bits per heavy atom. The second kappa shape index (κ2) is 8.43. The van der Waals surface area contributed by atoms with Gasteiger partial charge in [-0.3, -0.25) is 4.79 Å². The first-order chi connectivity index (χ1) is 14.1. The zero-order valence-electron chi connectivity index (χ0n) is 15.5. The summed E-state index contributed by atoms with van der Waals surface area (Å²) in [5.41, 5.74) is 4.24. The number of nitrogens with one attached hydrogen (secondary N) is 1. The molecule has 0 unspecified atom stereocenters. The maximum Gasteiger partial charge on any atom is 0.236 e. The fraction of sp³-hybridized carbons (Fsp3) is 0.0909. The number of hydrogen-bond donors (Lipinski definition) is 1. The summed E-state index contributed by atoms with van der Waals surface area (Å²) in [5.74, 6) is -0.0323. The van der Waals surface area contributed by atoms with Crippen molar-refractivity contribution >= 4 is 44.4 Å². The lowest BCUT2D eigenvalue weighted by Crippen LogP contribution is -2.14. The average Bonchev–Trinajstić information content (AvgIpc) is 3.14. The van der Waals surface area contributed by atoms with Gasteiger partial charge in [0.2, 0.25) is 5.91 Å². The van der Waals surface area contributed by atoms with E-state index in [9.17, 15) is 10.1 Å². The Hall–Kier alpha value is -3.21. The zero-order chi connectivity index (χ0) is 20.2. The van der Waals surface area contributed by atoms with Crippen molar-refractivity contribution in [3.63, 3.8) is 0 Å². The summed E-state index contributed by atoms with van der Waals surface area (Å²) in [4.78, 5) is 21.4. The highest BCUT2D eigenvalue weighted by Gasteiger charge is 2.12. The van der Waals surface area contributed by atoms with E-state index in [-0.39, 0.29) is 11.7 Å². The van der Waals surface area contributed by atoms with Gasteiger partial charge in [-0.2, -0.15) is 5.26 Å². The summed E-state index contributed by atoms with van der Waals surface area (Å²) in [5, 5.41) is 13.3. The van der Waals surface area contributed by atoms with Crippen LogP contribution in [-0.4, -0.2) is 21.6 Å². The van der Waals surface area contributed by atoms with Crippen molar-refractivity contribution in [1.29, 1.82) is 5.26 Å². The molecule has 0 aliphatic rings. The highest BCUT2D eigenvalue weighted by atomic mass is 32.2. The number of aryl methyl sites for hydroxylation is 1. The van der Waals surface area contributed by atoms with Crippen LogP contribution < -0.4 is 5.32 Å². The molecule has 7 heteroatoms. The summed E-state index contributed by atoms with van der Waals surface area (Å²) in [7, 11) is 0. The molecule has 142 valence electrons. The van der Waals surface area contributed by atoms with E-state index >= 15 is 0 Å². The number of carbonyl (C=O) groups excluding carboxylic acids is 1. The Balaban J connectivity index is 1.47. The molecule has 0 saturated heterocycles. The number of pyridine rings is 1. The highest BCUT2D eigenvalue weighted by molar-refractivity contribution is 8.00. The fourth-order valence-corrected chi connectivity index (χ4v) is 4.39. The van der Waals surface area contributed by atoms with Gasteiger partial charge in [-0.25, -0.2) is 9.97 Å². The molecular weight excluding hydrogens is 400 g/mol. The first-order valence-corrected chi connectivity index (χ1v) is 10.7. The number of carbonyl (C=O) groups is 1. The van der Waals surface area contributed by atoms with E-state index in [1.165, 1.54) is 28.7 Å². The van der Waals surface area contributed by atoms with E-state index in [4.69, 9.17) is 0 Å². The van der Waals surface area contributed by atoms with Crippen LogP contribution in [0.3, 0.4) is 0 Å². The van der Waals surface area contributed by atoms with Crippen LogP contribution in [0.1, 0.15) is 11.1 Å². The molecule has 2 aromatic carbocycles. The SMILES string of the molecule is Cc1ccc(-c2ccc(C#N)c(SCC(=O)Nc3nc4ccccc4s3)n2)cc1. The van der Waals surface area contributed by atoms with Crippen molar-refractivity contribution in [2.75, 3.05) is 11.1 Å². The van der Waals surface area contributed by atoms with Crippen molar-refractivity contribution in [3.05, 3.63) is 71.8 Å². The quantitative estimate of drug-likeness (QED) is 0.448. The molecule has 0 spiro atoms. The second-order valence-corrected chi connectivity index (χ2v) is 8.35. The van der Waals surface area contributed by atoms with Gasteiger partial charge in [0, 0.05) is 5.56 Å². The molecule has 2 heterocycles. The summed E-state index contributed by atoms with van der Waals surface area (Å²) < 4.78 is 1.02. The summed E-state index contributed by atoms with van der Waals surface area (Å²) >= 11 is 2.68. The van der Waals surface area contributed by atoms with Crippen LogP contribution in [0.15, 0.2) is 65.7 Å². The standard InChI is InChI=1S/C22H16N4OS2/c1-14-6-8-15(9-7-14)17-11-10-16(12-23)21(24-17)28-13-20(27)26-22-25-18-4-2-3-5-19(18)29-22/h2-11H,13H2,1H3,(H,25,26,27). The number of rotatable bonds is 5. The summed E-state index contributed by atoms with van der Waals surface area (Å²) in [6.07, 6.45) is 0. The Labute approximate surface area is 176 Å². The molecule has 0 aliphatic carbocycles. The van der Waals surface area contributed by atoms with Crippen LogP contribution in [0, 0.1) is 18.3 Å². The van der Waals surface area contributed by atoms with Gasteiger partial charge in [-0.15, -0.1) is 0 Å². The third-order valence-corrected chi connectivity index (χ3v) is 6.15. The minimum absolute atomic E-state index is 0.148. The molecule has 1 N–H and O–H groups in total. The first kappa shape index (κ1) is 19.1. The van der Waals surface area contributed by atoms with E-state index in [1.54, 1.807) is 6.07 Å². The van der Waals surface area contributed by atoms with E-state index in [0.29, 0.717) is 15.7 Å². The Kier molecular flexibility index (Phi) is 5.56. The Bertz CT molecular complexity index is 1190. The molecule has 0 radical (unpaired) electrons. The summed E-state index contributed by atoms with van der Waals surface area (Å²) in [6, 6.07) is 21.5.